The number of nitrogens with zero attached hydrogens (tertiary/aromatic N) is 1. The number of hydrogen-bond acceptors (Lipinski definition) is 4. The topological polar surface area (TPSA) is 89.7 Å². The Kier molecular flexibility index (Phi) is 5.47. The molecule has 0 aromatic heterocycles. The lowest BCUT2D eigenvalue weighted by Gasteiger charge is -2.15. The number of nitro benzene ring substituents is 1. The minimum atomic E-state index is -1.14. The van der Waals surface area contributed by atoms with Crippen LogP contribution < -0.4 is 4.74 Å². The average molecular weight is 363 g/mol. The number of hydrogen-bond donors (Lipinski definition) is 1. The predicted molar refractivity (Wildman–Crippen MR) is 101 cm³/mol. The summed E-state index contributed by atoms with van der Waals surface area (Å²) in [6.07, 6.45) is -1.12. The fraction of sp³-hybridized carbons (Fsp3) is 0.0952. The molecule has 136 valence electrons. The first kappa shape index (κ1) is 18.1. The summed E-state index contributed by atoms with van der Waals surface area (Å²) in [4.78, 5) is 21.9. The van der Waals surface area contributed by atoms with Crippen LogP contribution in [0.2, 0.25) is 0 Å². The van der Waals surface area contributed by atoms with Crippen LogP contribution in [0.3, 0.4) is 0 Å². The summed E-state index contributed by atoms with van der Waals surface area (Å²) in [7, 11) is 0. The van der Waals surface area contributed by atoms with Crippen molar-refractivity contribution in [1.29, 1.82) is 0 Å². The summed E-state index contributed by atoms with van der Waals surface area (Å²) >= 11 is 0. The van der Waals surface area contributed by atoms with Crippen LogP contribution in [0.1, 0.15) is 5.56 Å². The van der Waals surface area contributed by atoms with Gasteiger partial charge in [-0.25, -0.2) is 4.79 Å². The van der Waals surface area contributed by atoms with E-state index in [4.69, 9.17) is 4.74 Å². The van der Waals surface area contributed by atoms with Crippen LogP contribution in [0.5, 0.6) is 5.75 Å². The molecule has 1 N–H and O–H groups in total. The number of rotatable bonds is 7. The van der Waals surface area contributed by atoms with Gasteiger partial charge in [0.05, 0.1) is 4.92 Å². The summed E-state index contributed by atoms with van der Waals surface area (Å²) in [5.74, 6) is -0.707. The summed E-state index contributed by atoms with van der Waals surface area (Å²) in [6.45, 7) is 0. The largest absolute Gasteiger partial charge is 0.478 e. The zero-order valence-electron chi connectivity index (χ0n) is 14.3. The predicted octanol–water partition coefficient (Wildman–Crippen LogP) is 4.34. The van der Waals surface area contributed by atoms with Crippen molar-refractivity contribution in [2.24, 2.45) is 0 Å². The molecular weight excluding hydrogens is 346 g/mol. The van der Waals surface area contributed by atoms with Crippen molar-refractivity contribution in [2.75, 3.05) is 0 Å². The number of non-ortho nitro benzene ring substituents is 1. The number of nitro groups is 1. The van der Waals surface area contributed by atoms with Gasteiger partial charge in [0.2, 0.25) is 0 Å². The Balaban J connectivity index is 1.74. The molecule has 0 bridgehead atoms. The van der Waals surface area contributed by atoms with Gasteiger partial charge in [0.15, 0.2) is 6.10 Å². The Labute approximate surface area is 155 Å². The van der Waals surface area contributed by atoms with Crippen LogP contribution in [0, 0.1) is 10.1 Å². The number of carboxylic acid groups (broad SMARTS) is 1. The normalized spacial score (nSPS) is 11.6. The molecule has 0 amide bonds. The van der Waals surface area contributed by atoms with Gasteiger partial charge in [-0.1, -0.05) is 54.6 Å². The van der Waals surface area contributed by atoms with Crippen molar-refractivity contribution in [3.05, 3.63) is 94.5 Å². The van der Waals surface area contributed by atoms with Crippen LogP contribution in [0.4, 0.5) is 5.69 Å². The van der Waals surface area contributed by atoms with E-state index in [1.54, 1.807) is 18.2 Å². The molecule has 0 heterocycles. The molecule has 1 atom stereocenters. The summed E-state index contributed by atoms with van der Waals surface area (Å²) in [5.41, 5.74) is 2.49. The van der Waals surface area contributed by atoms with Gasteiger partial charge >= 0.3 is 5.97 Å². The Morgan fingerprint density at radius 2 is 1.63 bits per heavy atom. The van der Waals surface area contributed by atoms with E-state index in [-0.39, 0.29) is 12.1 Å². The van der Waals surface area contributed by atoms with Gasteiger partial charge in [0.25, 0.3) is 5.69 Å². The quantitative estimate of drug-likeness (QED) is 0.498. The third-order valence-electron chi connectivity index (χ3n) is 4.06. The molecule has 27 heavy (non-hydrogen) atoms. The van der Waals surface area contributed by atoms with E-state index < -0.39 is 17.0 Å². The zero-order chi connectivity index (χ0) is 19.2. The van der Waals surface area contributed by atoms with Gasteiger partial charge in [0.1, 0.15) is 5.75 Å². The lowest BCUT2D eigenvalue weighted by molar-refractivity contribution is -0.384. The van der Waals surface area contributed by atoms with Gasteiger partial charge in [-0.15, -0.1) is 0 Å². The van der Waals surface area contributed by atoms with Crippen molar-refractivity contribution >= 4 is 11.7 Å². The molecule has 0 aliphatic heterocycles. The first-order chi connectivity index (χ1) is 13.0. The number of aliphatic carboxylic acids is 1. The first-order valence-corrected chi connectivity index (χ1v) is 8.31. The van der Waals surface area contributed by atoms with Crippen LogP contribution >= 0.6 is 0 Å². The van der Waals surface area contributed by atoms with E-state index in [0.29, 0.717) is 11.3 Å². The van der Waals surface area contributed by atoms with Crippen LogP contribution in [-0.4, -0.2) is 22.1 Å². The van der Waals surface area contributed by atoms with Crippen molar-refractivity contribution in [2.45, 2.75) is 12.5 Å². The standard InChI is InChI=1S/C21H17NO5/c23-21(24)20(14-15-5-4-8-18(13-15)22(25)26)27-19-11-9-17(10-12-19)16-6-2-1-3-7-16/h1-13,20H,14H2,(H,23,24). The van der Waals surface area contributed by atoms with E-state index in [0.717, 1.165) is 11.1 Å². The second kappa shape index (κ2) is 8.14. The second-order valence-electron chi connectivity index (χ2n) is 5.97. The number of ether oxygens (including phenoxy) is 1. The van der Waals surface area contributed by atoms with Crippen LogP contribution in [-0.2, 0) is 11.2 Å². The minimum absolute atomic E-state index is 0.0252. The van der Waals surface area contributed by atoms with Gasteiger partial charge in [-0.3, -0.25) is 10.1 Å². The monoisotopic (exact) mass is 363 g/mol. The molecule has 3 aromatic carbocycles. The molecule has 0 radical (unpaired) electrons. The highest BCUT2D eigenvalue weighted by Gasteiger charge is 2.21. The maximum absolute atomic E-state index is 11.6. The van der Waals surface area contributed by atoms with E-state index in [1.807, 2.05) is 42.5 Å². The molecule has 6 nitrogen and oxygen atoms in total. The smallest absolute Gasteiger partial charge is 0.345 e. The van der Waals surface area contributed by atoms with Gasteiger partial charge in [0, 0.05) is 18.6 Å². The third-order valence-corrected chi connectivity index (χ3v) is 4.06. The Bertz CT molecular complexity index is 938. The van der Waals surface area contributed by atoms with Crippen molar-refractivity contribution in [1.82, 2.24) is 0 Å². The number of carboxylic acids is 1. The van der Waals surface area contributed by atoms with Crippen molar-refractivity contribution < 1.29 is 19.6 Å². The molecule has 0 spiro atoms. The van der Waals surface area contributed by atoms with Crippen LogP contribution in [0.25, 0.3) is 11.1 Å². The lowest BCUT2D eigenvalue weighted by Crippen LogP contribution is -2.29. The lowest BCUT2D eigenvalue weighted by atomic mass is 10.1. The van der Waals surface area contributed by atoms with Crippen LogP contribution in [0.15, 0.2) is 78.9 Å². The molecule has 0 saturated heterocycles. The molecule has 3 rings (SSSR count). The number of benzene rings is 3. The zero-order valence-corrected chi connectivity index (χ0v) is 14.3. The van der Waals surface area contributed by atoms with E-state index >= 15 is 0 Å². The molecule has 6 heteroatoms. The maximum Gasteiger partial charge on any atom is 0.345 e. The summed E-state index contributed by atoms with van der Waals surface area (Å²) < 4.78 is 5.60. The van der Waals surface area contributed by atoms with Gasteiger partial charge < -0.3 is 9.84 Å². The highest BCUT2D eigenvalue weighted by atomic mass is 16.6. The van der Waals surface area contributed by atoms with Gasteiger partial charge in [-0.2, -0.15) is 0 Å². The fourth-order valence-corrected chi connectivity index (χ4v) is 2.71. The Morgan fingerprint density at radius 1 is 0.963 bits per heavy atom. The molecule has 3 aromatic rings. The van der Waals surface area contributed by atoms with Crippen molar-refractivity contribution in [3.63, 3.8) is 0 Å². The summed E-state index contributed by atoms with van der Waals surface area (Å²) in [6, 6.07) is 22.8. The minimum Gasteiger partial charge on any atom is -0.478 e. The van der Waals surface area contributed by atoms with E-state index in [1.165, 1.54) is 18.2 Å². The second-order valence-corrected chi connectivity index (χ2v) is 5.97. The van der Waals surface area contributed by atoms with Crippen molar-refractivity contribution in [3.8, 4) is 16.9 Å². The molecule has 0 fully saturated rings. The molecule has 1 unspecified atom stereocenters. The maximum atomic E-state index is 11.6. The first-order valence-electron chi connectivity index (χ1n) is 8.31. The molecule has 0 aliphatic rings. The Morgan fingerprint density at radius 3 is 2.26 bits per heavy atom. The highest BCUT2D eigenvalue weighted by molar-refractivity contribution is 5.73. The molecule has 0 aliphatic carbocycles. The van der Waals surface area contributed by atoms with E-state index in [9.17, 15) is 20.0 Å². The van der Waals surface area contributed by atoms with E-state index in [2.05, 4.69) is 0 Å². The Hall–Kier alpha value is -3.67. The average Bonchev–Trinajstić information content (AvgIpc) is 2.69. The fourth-order valence-electron chi connectivity index (χ4n) is 2.71. The number of carbonyl (C=O) groups is 1. The summed E-state index contributed by atoms with van der Waals surface area (Å²) in [5, 5.41) is 20.3. The third kappa shape index (κ3) is 4.70. The van der Waals surface area contributed by atoms with Gasteiger partial charge in [-0.05, 0) is 28.8 Å². The SMILES string of the molecule is O=C(O)C(Cc1cccc([N+](=O)[O-])c1)Oc1ccc(-c2ccccc2)cc1. The molecular formula is C21H17NO5. The molecule has 0 saturated carbocycles. The highest BCUT2D eigenvalue weighted by Crippen LogP contribution is 2.23.